The summed E-state index contributed by atoms with van der Waals surface area (Å²) in [6.07, 6.45) is 4.65. The number of nitrogens with one attached hydrogen (secondary N) is 1. The SMILES string of the molecule is CCCNC(=O)N1CCC(c2nc(C)ncc2COCCOC)CC1. The summed E-state index contributed by atoms with van der Waals surface area (Å²) in [7, 11) is 1.66. The lowest BCUT2D eigenvalue weighted by molar-refractivity contribution is 0.0607. The number of amides is 2. The minimum Gasteiger partial charge on any atom is -0.382 e. The Morgan fingerprint density at radius 1 is 1.36 bits per heavy atom. The molecule has 0 bridgehead atoms. The number of piperidine rings is 1. The topological polar surface area (TPSA) is 76.6 Å². The van der Waals surface area contributed by atoms with Crippen molar-refractivity contribution in [3.8, 4) is 0 Å². The van der Waals surface area contributed by atoms with Crippen LogP contribution in [0, 0.1) is 6.92 Å². The molecule has 0 unspecified atom stereocenters. The summed E-state index contributed by atoms with van der Waals surface area (Å²) in [5.74, 6) is 1.12. The Morgan fingerprint density at radius 3 is 2.80 bits per heavy atom. The summed E-state index contributed by atoms with van der Waals surface area (Å²) in [6, 6.07) is 0.0438. The van der Waals surface area contributed by atoms with Crippen molar-refractivity contribution in [1.82, 2.24) is 20.2 Å². The Labute approximate surface area is 150 Å². The van der Waals surface area contributed by atoms with Gasteiger partial charge in [-0.1, -0.05) is 6.92 Å². The first kappa shape index (κ1) is 19.6. The Hall–Kier alpha value is -1.73. The molecule has 1 aromatic heterocycles. The van der Waals surface area contributed by atoms with Gasteiger partial charge in [0.25, 0.3) is 0 Å². The summed E-state index contributed by atoms with van der Waals surface area (Å²) >= 11 is 0. The average molecular weight is 350 g/mol. The molecule has 2 amide bonds. The molecular weight excluding hydrogens is 320 g/mol. The second kappa shape index (κ2) is 10.3. The minimum absolute atomic E-state index is 0.0438. The summed E-state index contributed by atoms with van der Waals surface area (Å²) in [5.41, 5.74) is 2.11. The molecule has 0 radical (unpaired) electrons. The van der Waals surface area contributed by atoms with Gasteiger partial charge < -0.3 is 19.7 Å². The van der Waals surface area contributed by atoms with Crippen molar-refractivity contribution in [2.45, 2.75) is 45.6 Å². The molecule has 7 heteroatoms. The predicted molar refractivity (Wildman–Crippen MR) is 95.5 cm³/mol. The maximum atomic E-state index is 12.1. The molecular formula is C18H30N4O3. The molecule has 0 aromatic carbocycles. The van der Waals surface area contributed by atoms with Crippen LogP contribution in [0.5, 0.6) is 0 Å². The van der Waals surface area contributed by atoms with Crippen LogP contribution in [-0.4, -0.2) is 60.9 Å². The average Bonchev–Trinajstić information content (AvgIpc) is 2.64. The number of carbonyl (C=O) groups is 1. The largest absolute Gasteiger partial charge is 0.382 e. The van der Waals surface area contributed by atoms with Gasteiger partial charge in [0.05, 0.1) is 25.5 Å². The van der Waals surface area contributed by atoms with Crippen molar-refractivity contribution in [2.75, 3.05) is 40.0 Å². The van der Waals surface area contributed by atoms with E-state index in [-0.39, 0.29) is 6.03 Å². The molecule has 1 fully saturated rings. The highest BCUT2D eigenvalue weighted by Gasteiger charge is 2.26. The van der Waals surface area contributed by atoms with Gasteiger partial charge in [0.1, 0.15) is 5.82 Å². The number of ether oxygens (including phenoxy) is 2. The van der Waals surface area contributed by atoms with Crippen LogP contribution < -0.4 is 5.32 Å². The molecule has 0 atom stereocenters. The maximum absolute atomic E-state index is 12.1. The highest BCUT2D eigenvalue weighted by molar-refractivity contribution is 5.74. The first-order valence-corrected chi connectivity index (χ1v) is 9.07. The number of likely N-dealkylation sites (tertiary alicyclic amines) is 1. The van der Waals surface area contributed by atoms with Gasteiger partial charge in [-0.3, -0.25) is 0 Å². The van der Waals surface area contributed by atoms with E-state index in [4.69, 9.17) is 9.47 Å². The highest BCUT2D eigenvalue weighted by Crippen LogP contribution is 2.29. The Kier molecular flexibility index (Phi) is 8.08. The molecule has 1 aliphatic heterocycles. The second-order valence-electron chi connectivity index (χ2n) is 6.37. The minimum atomic E-state index is 0.0438. The van der Waals surface area contributed by atoms with E-state index in [0.29, 0.717) is 25.7 Å². The third-order valence-corrected chi connectivity index (χ3v) is 4.40. The zero-order valence-corrected chi connectivity index (χ0v) is 15.6. The van der Waals surface area contributed by atoms with E-state index in [1.165, 1.54) is 0 Å². The Balaban J connectivity index is 1.95. The van der Waals surface area contributed by atoms with Gasteiger partial charge >= 0.3 is 6.03 Å². The van der Waals surface area contributed by atoms with Crippen molar-refractivity contribution < 1.29 is 14.3 Å². The van der Waals surface area contributed by atoms with Crippen LogP contribution in [0.25, 0.3) is 0 Å². The van der Waals surface area contributed by atoms with Crippen molar-refractivity contribution in [3.05, 3.63) is 23.3 Å². The van der Waals surface area contributed by atoms with Crippen LogP contribution in [0.4, 0.5) is 4.79 Å². The Bertz CT molecular complexity index is 545. The molecule has 2 rings (SSSR count). The van der Waals surface area contributed by atoms with Crippen molar-refractivity contribution >= 4 is 6.03 Å². The molecule has 1 aliphatic rings. The molecule has 1 N–H and O–H groups in total. The lowest BCUT2D eigenvalue weighted by Crippen LogP contribution is -2.44. The van der Waals surface area contributed by atoms with E-state index in [9.17, 15) is 4.79 Å². The predicted octanol–water partition coefficient (Wildman–Crippen LogP) is 2.25. The highest BCUT2D eigenvalue weighted by atomic mass is 16.5. The van der Waals surface area contributed by atoms with Gasteiger partial charge in [0, 0.05) is 44.4 Å². The third kappa shape index (κ3) is 5.93. The van der Waals surface area contributed by atoms with Gasteiger partial charge in [-0.2, -0.15) is 0 Å². The lowest BCUT2D eigenvalue weighted by Gasteiger charge is -2.32. The van der Waals surface area contributed by atoms with Crippen LogP contribution in [0.3, 0.4) is 0 Å². The van der Waals surface area contributed by atoms with Crippen LogP contribution in [0.1, 0.15) is 49.2 Å². The molecule has 25 heavy (non-hydrogen) atoms. The van der Waals surface area contributed by atoms with Gasteiger partial charge in [0.15, 0.2) is 0 Å². The number of urea groups is 1. The number of hydrogen-bond donors (Lipinski definition) is 1. The number of aryl methyl sites for hydroxylation is 1. The van der Waals surface area contributed by atoms with Gasteiger partial charge in [0.2, 0.25) is 0 Å². The first-order chi connectivity index (χ1) is 12.2. The number of hydrogen-bond acceptors (Lipinski definition) is 5. The molecule has 0 aliphatic carbocycles. The monoisotopic (exact) mass is 350 g/mol. The lowest BCUT2D eigenvalue weighted by atomic mass is 9.91. The summed E-state index contributed by atoms with van der Waals surface area (Å²) in [4.78, 5) is 23.0. The molecule has 140 valence electrons. The van der Waals surface area contributed by atoms with E-state index in [2.05, 4.69) is 22.2 Å². The summed E-state index contributed by atoms with van der Waals surface area (Å²) in [6.45, 7) is 7.84. The van der Waals surface area contributed by atoms with Crippen LogP contribution in [0.15, 0.2) is 6.20 Å². The van der Waals surface area contributed by atoms with E-state index in [1.807, 2.05) is 18.0 Å². The Morgan fingerprint density at radius 2 is 2.12 bits per heavy atom. The molecule has 2 heterocycles. The van der Waals surface area contributed by atoms with Crippen molar-refractivity contribution in [2.24, 2.45) is 0 Å². The fourth-order valence-corrected chi connectivity index (χ4v) is 3.00. The number of aromatic nitrogens is 2. The quantitative estimate of drug-likeness (QED) is 0.728. The zero-order valence-electron chi connectivity index (χ0n) is 15.6. The van der Waals surface area contributed by atoms with Crippen LogP contribution in [-0.2, 0) is 16.1 Å². The van der Waals surface area contributed by atoms with Crippen LogP contribution in [0.2, 0.25) is 0 Å². The van der Waals surface area contributed by atoms with Gasteiger partial charge in [-0.05, 0) is 26.2 Å². The van der Waals surface area contributed by atoms with E-state index < -0.39 is 0 Å². The first-order valence-electron chi connectivity index (χ1n) is 9.07. The number of rotatable bonds is 8. The fourth-order valence-electron chi connectivity index (χ4n) is 3.00. The van der Waals surface area contributed by atoms with Crippen LogP contribution >= 0.6 is 0 Å². The molecule has 7 nitrogen and oxygen atoms in total. The van der Waals surface area contributed by atoms with Crippen molar-refractivity contribution in [1.29, 1.82) is 0 Å². The summed E-state index contributed by atoms with van der Waals surface area (Å²) in [5, 5.41) is 2.95. The molecule has 0 spiro atoms. The van der Waals surface area contributed by atoms with E-state index >= 15 is 0 Å². The third-order valence-electron chi connectivity index (χ3n) is 4.40. The standard InChI is InChI=1S/C18H30N4O3/c1-4-7-19-18(23)22-8-5-15(6-9-22)17-16(12-20-14(2)21-17)13-25-11-10-24-3/h12,15H,4-11,13H2,1-3H3,(H,19,23). The molecule has 1 aromatic rings. The maximum Gasteiger partial charge on any atom is 0.317 e. The number of carbonyl (C=O) groups excluding carboxylic acids is 1. The molecule has 0 saturated carbocycles. The normalized spacial score (nSPS) is 15.4. The number of methoxy groups -OCH3 is 1. The van der Waals surface area contributed by atoms with E-state index in [1.54, 1.807) is 7.11 Å². The fraction of sp³-hybridized carbons (Fsp3) is 0.722. The van der Waals surface area contributed by atoms with E-state index in [0.717, 1.165) is 56.0 Å². The smallest absolute Gasteiger partial charge is 0.317 e. The zero-order chi connectivity index (χ0) is 18.1. The van der Waals surface area contributed by atoms with Gasteiger partial charge in [-0.25, -0.2) is 14.8 Å². The van der Waals surface area contributed by atoms with Crippen molar-refractivity contribution in [3.63, 3.8) is 0 Å². The van der Waals surface area contributed by atoms with Gasteiger partial charge in [-0.15, -0.1) is 0 Å². The molecule has 1 saturated heterocycles. The number of nitrogens with zero attached hydrogens (tertiary/aromatic N) is 3. The summed E-state index contributed by atoms with van der Waals surface area (Å²) < 4.78 is 10.7. The second-order valence-corrected chi connectivity index (χ2v) is 6.37.